The Hall–Kier alpha value is -3.23. The van der Waals surface area contributed by atoms with E-state index in [9.17, 15) is 22.8 Å². The van der Waals surface area contributed by atoms with Crippen LogP contribution in [-0.2, 0) is 16.0 Å². The third kappa shape index (κ3) is 6.40. The summed E-state index contributed by atoms with van der Waals surface area (Å²) in [6.07, 6.45) is -2.65. The van der Waals surface area contributed by atoms with Gasteiger partial charge in [-0.2, -0.15) is 13.2 Å². The van der Waals surface area contributed by atoms with Crippen molar-refractivity contribution >= 4 is 28.9 Å². The topological polar surface area (TPSA) is 79.5 Å². The van der Waals surface area contributed by atoms with Crippen LogP contribution in [0.15, 0.2) is 42.5 Å². The number of alkyl halides is 3. The normalized spacial score (nSPS) is 13.2. The van der Waals surface area contributed by atoms with Crippen molar-refractivity contribution in [2.24, 2.45) is 0 Å². The summed E-state index contributed by atoms with van der Waals surface area (Å²) in [5, 5.41) is 7.71. The van der Waals surface area contributed by atoms with Crippen molar-refractivity contribution in [1.82, 2.24) is 0 Å². The molecule has 0 saturated carbocycles. The van der Waals surface area contributed by atoms with Crippen LogP contribution in [0.3, 0.4) is 0 Å². The molecule has 0 radical (unpaired) electrons. The zero-order valence-electron chi connectivity index (χ0n) is 16.1. The fourth-order valence-electron chi connectivity index (χ4n) is 3.03. The van der Waals surface area contributed by atoms with Gasteiger partial charge in [0.2, 0.25) is 11.8 Å². The molecule has 0 spiro atoms. The molecule has 1 aliphatic heterocycles. The van der Waals surface area contributed by atoms with E-state index in [1.54, 1.807) is 30.3 Å². The molecule has 1 aliphatic rings. The molecule has 3 rings (SSSR count). The van der Waals surface area contributed by atoms with Crippen molar-refractivity contribution in [2.45, 2.75) is 31.9 Å². The minimum Gasteiger partial charge on any atom is -0.494 e. The van der Waals surface area contributed by atoms with E-state index in [1.807, 2.05) is 6.07 Å². The number of amides is 2. The maximum absolute atomic E-state index is 12.4. The van der Waals surface area contributed by atoms with E-state index in [0.29, 0.717) is 37.3 Å². The van der Waals surface area contributed by atoms with Crippen LogP contribution < -0.4 is 20.7 Å². The first-order valence-corrected chi connectivity index (χ1v) is 9.55. The highest BCUT2D eigenvalue weighted by atomic mass is 19.4. The summed E-state index contributed by atoms with van der Waals surface area (Å²) < 4.78 is 42.9. The van der Waals surface area contributed by atoms with Gasteiger partial charge in [0.25, 0.3) is 0 Å². The molecular weight excluding hydrogens is 399 g/mol. The number of para-hydroxylation sites is 2. The molecular formula is C21H22F3N3O3. The Bertz CT molecular complexity index is 916. The molecule has 0 aromatic heterocycles. The number of rotatable bonds is 8. The molecule has 0 unspecified atom stereocenters. The van der Waals surface area contributed by atoms with E-state index in [1.165, 1.54) is 6.07 Å². The van der Waals surface area contributed by atoms with Gasteiger partial charge >= 0.3 is 6.18 Å². The Kier molecular flexibility index (Phi) is 6.81. The number of carbonyl (C=O) groups is 2. The molecule has 2 aromatic carbocycles. The van der Waals surface area contributed by atoms with E-state index in [-0.39, 0.29) is 23.9 Å². The van der Waals surface area contributed by atoms with Gasteiger partial charge in [-0.25, -0.2) is 0 Å². The third-order valence-electron chi connectivity index (χ3n) is 4.47. The van der Waals surface area contributed by atoms with Crippen molar-refractivity contribution in [1.29, 1.82) is 0 Å². The van der Waals surface area contributed by atoms with Gasteiger partial charge in [0, 0.05) is 18.5 Å². The second-order valence-corrected chi connectivity index (χ2v) is 6.88. The van der Waals surface area contributed by atoms with Crippen LogP contribution in [0, 0.1) is 0 Å². The number of benzene rings is 2. The standard InChI is InChI=1S/C21H22F3N3O3/c22-21(23,24)13-25-17-4-1-2-5-18(17)27-19(28)6-3-11-30-15-8-9-16-14(12-15)7-10-20(29)26-16/h1-2,4-5,8-9,12,25H,3,6-7,10-11,13H2,(H,26,29)(H,27,28). The van der Waals surface area contributed by atoms with E-state index in [2.05, 4.69) is 16.0 Å². The number of carbonyl (C=O) groups excluding carboxylic acids is 2. The lowest BCUT2D eigenvalue weighted by atomic mass is 10.0. The average Bonchev–Trinajstić information content (AvgIpc) is 2.70. The lowest BCUT2D eigenvalue weighted by Crippen LogP contribution is -2.22. The van der Waals surface area contributed by atoms with Gasteiger partial charge in [-0.15, -0.1) is 0 Å². The number of fused-ring (bicyclic) bond motifs is 1. The van der Waals surface area contributed by atoms with E-state index in [0.717, 1.165) is 11.3 Å². The number of halogens is 3. The van der Waals surface area contributed by atoms with Gasteiger partial charge in [-0.3, -0.25) is 9.59 Å². The molecule has 0 aliphatic carbocycles. The highest BCUT2D eigenvalue weighted by molar-refractivity contribution is 5.94. The summed E-state index contributed by atoms with van der Waals surface area (Å²) >= 11 is 0. The highest BCUT2D eigenvalue weighted by Gasteiger charge is 2.27. The maximum Gasteiger partial charge on any atom is 0.405 e. The van der Waals surface area contributed by atoms with Gasteiger partial charge in [0.1, 0.15) is 12.3 Å². The minimum atomic E-state index is -4.35. The van der Waals surface area contributed by atoms with Crippen molar-refractivity contribution in [3.63, 3.8) is 0 Å². The summed E-state index contributed by atoms with van der Waals surface area (Å²) in [6, 6.07) is 11.7. The van der Waals surface area contributed by atoms with Crippen LogP contribution in [0.2, 0.25) is 0 Å². The molecule has 6 nitrogen and oxygen atoms in total. The molecule has 3 N–H and O–H groups in total. The monoisotopic (exact) mass is 421 g/mol. The van der Waals surface area contributed by atoms with Crippen molar-refractivity contribution < 1.29 is 27.5 Å². The van der Waals surface area contributed by atoms with Crippen molar-refractivity contribution in [2.75, 3.05) is 29.1 Å². The van der Waals surface area contributed by atoms with Crippen LogP contribution in [0.4, 0.5) is 30.2 Å². The predicted molar refractivity (Wildman–Crippen MR) is 108 cm³/mol. The largest absolute Gasteiger partial charge is 0.494 e. The van der Waals surface area contributed by atoms with E-state index < -0.39 is 12.7 Å². The highest BCUT2D eigenvalue weighted by Crippen LogP contribution is 2.27. The van der Waals surface area contributed by atoms with Crippen LogP contribution in [0.5, 0.6) is 5.75 Å². The van der Waals surface area contributed by atoms with Crippen molar-refractivity contribution in [3.05, 3.63) is 48.0 Å². The lowest BCUT2D eigenvalue weighted by Gasteiger charge is -2.17. The molecule has 2 aromatic rings. The van der Waals surface area contributed by atoms with Crippen LogP contribution in [0.1, 0.15) is 24.8 Å². The first-order chi connectivity index (χ1) is 14.3. The number of nitrogens with one attached hydrogen (secondary N) is 3. The predicted octanol–water partition coefficient (Wildman–Crippen LogP) is 4.34. The molecule has 0 fully saturated rings. The summed E-state index contributed by atoms with van der Waals surface area (Å²) in [6.45, 7) is -0.870. The zero-order chi connectivity index (χ0) is 21.6. The Balaban J connectivity index is 1.44. The molecule has 30 heavy (non-hydrogen) atoms. The summed E-state index contributed by atoms with van der Waals surface area (Å²) in [5.74, 6) is 0.345. The number of aryl methyl sites for hydroxylation is 1. The van der Waals surface area contributed by atoms with Gasteiger partial charge in [-0.1, -0.05) is 12.1 Å². The fourth-order valence-corrected chi connectivity index (χ4v) is 3.03. The SMILES string of the molecule is O=C1CCc2cc(OCCCC(=O)Nc3ccccc3NCC(F)(F)F)ccc2N1. The number of hydrogen-bond acceptors (Lipinski definition) is 4. The van der Waals surface area contributed by atoms with Gasteiger partial charge in [0.05, 0.1) is 18.0 Å². The molecule has 0 atom stereocenters. The molecule has 1 heterocycles. The number of hydrogen-bond donors (Lipinski definition) is 3. The molecule has 0 saturated heterocycles. The molecule has 0 bridgehead atoms. The second kappa shape index (κ2) is 9.51. The third-order valence-corrected chi connectivity index (χ3v) is 4.47. The Labute approximate surface area is 171 Å². The average molecular weight is 421 g/mol. The fraction of sp³-hybridized carbons (Fsp3) is 0.333. The number of ether oxygens (including phenoxy) is 1. The quantitative estimate of drug-likeness (QED) is 0.554. The van der Waals surface area contributed by atoms with E-state index in [4.69, 9.17) is 4.74 Å². The first-order valence-electron chi connectivity index (χ1n) is 9.55. The summed E-state index contributed by atoms with van der Waals surface area (Å²) in [4.78, 5) is 23.5. The summed E-state index contributed by atoms with van der Waals surface area (Å²) in [5.41, 5.74) is 2.30. The molecule has 160 valence electrons. The first kappa shape index (κ1) is 21.5. The van der Waals surface area contributed by atoms with Gasteiger partial charge in [0.15, 0.2) is 0 Å². The van der Waals surface area contributed by atoms with Crippen LogP contribution in [-0.4, -0.2) is 31.1 Å². The van der Waals surface area contributed by atoms with Crippen LogP contribution >= 0.6 is 0 Å². The van der Waals surface area contributed by atoms with E-state index >= 15 is 0 Å². The zero-order valence-corrected chi connectivity index (χ0v) is 16.1. The Morgan fingerprint density at radius 3 is 2.63 bits per heavy atom. The van der Waals surface area contributed by atoms with Crippen LogP contribution in [0.25, 0.3) is 0 Å². The van der Waals surface area contributed by atoms with Gasteiger partial charge < -0.3 is 20.7 Å². The molecule has 9 heteroatoms. The second-order valence-electron chi connectivity index (χ2n) is 6.88. The van der Waals surface area contributed by atoms with Gasteiger partial charge in [-0.05, 0) is 48.7 Å². The Morgan fingerprint density at radius 1 is 1.10 bits per heavy atom. The molecule has 2 amide bonds. The van der Waals surface area contributed by atoms with Crippen molar-refractivity contribution in [3.8, 4) is 5.75 Å². The Morgan fingerprint density at radius 2 is 1.87 bits per heavy atom. The smallest absolute Gasteiger partial charge is 0.405 e. The number of anilines is 3. The maximum atomic E-state index is 12.4. The lowest BCUT2D eigenvalue weighted by molar-refractivity contribution is -0.117. The summed E-state index contributed by atoms with van der Waals surface area (Å²) in [7, 11) is 0. The minimum absolute atomic E-state index is 0.00244.